The van der Waals surface area contributed by atoms with Crippen molar-refractivity contribution in [2.24, 2.45) is 5.73 Å². The third-order valence-electron chi connectivity index (χ3n) is 4.67. The Bertz CT molecular complexity index is 1230. The third-order valence-corrected chi connectivity index (χ3v) is 4.67. The van der Waals surface area contributed by atoms with E-state index in [0.29, 0.717) is 0 Å². The van der Waals surface area contributed by atoms with Gasteiger partial charge in [0, 0.05) is 24.8 Å². The van der Waals surface area contributed by atoms with Crippen molar-refractivity contribution in [3.63, 3.8) is 0 Å². The molecule has 0 aliphatic carbocycles. The number of primary amides is 1. The number of carbonyl (C=O) groups is 2. The van der Waals surface area contributed by atoms with Gasteiger partial charge in [0.2, 0.25) is 5.91 Å². The molecule has 2 aromatic carbocycles. The van der Waals surface area contributed by atoms with Crippen LogP contribution in [0.4, 0.5) is 11.5 Å². The van der Waals surface area contributed by atoms with E-state index >= 15 is 0 Å². The van der Waals surface area contributed by atoms with E-state index in [1.165, 1.54) is 35.9 Å². The second kappa shape index (κ2) is 10.2. The van der Waals surface area contributed by atoms with Crippen molar-refractivity contribution >= 4 is 23.3 Å². The van der Waals surface area contributed by atoms with E-state index in [4.69, 9.17) is 10.5 Å². The summed E-state index contributed by atoms with van der Waals surface area (Å²) < 4.78 is 6.25. The Morgan fingerprint density at radius 3 is 2.47 bits per heavy atom. The number of nitrogens with two attached hydrogens (primary N) is 1. The fourth-order valence-electron chi connectivity index (χ4n) is 3.04. The fraction of sp³-hybridized carbons (Fsp3) is 0.182. The second-order valence-electron chi connectivity index (χ2n) is 6.87. The van der Waals surface area contributed by atoms with E-state index in [9.17, 15) is 19.2 Å². The summed E-state index contributed by atoms with van der Waals surface area (Å²) in [6, 6.07) is 15.1. The highest BCUT2D eigenvalue weighted by atomic mass is 16.5. The smallest absolute Gasteiger partial charge is 0.330 e. The lowest BCUT2D eigenvalue weighted by Gasteiger charge is -2.18. The molecule has 0 radical (unpaired) electrons. The molecule has 0 saturated heterocycles. The number of H-pyrrole nitrogens is 1. The lowest BCUT2D eigenvalue weighted by Crippen LogP contribution is -2.36. The first-order valence-corrected chi connectivity index (χ1v) is 9.75. The highest BCUT2D eigenvalue weighted by molar-refractivity contribution is 6.06. The van der Waals surface area contributed by atoms with Crippen molar-refractivity contribution < 1.29 is 14.3 Å². The molecule has 10 nitrogen and oxygen atoms in total. The highest BCUT2D eigenvalue weighted by Gasteiger charge is 2.19. The molecule has 32 heavy (non-hydrogen) atoms. The fourth-order valence-corrected chi connectivity index (χ4v) is 3.04. The van der Waals surface area contributed by atoms with Crippen LogP contribution in [0.5, 0.6) is 0 Å². The van der Waals surface area contributed by atoms with E-state index in [2.05, 4.69) is 15.6 Å². The number of benzene rings is 2. The molecule has 1 heterocycles. The van der Waals surface area contributed by atoms with Crippen molar-refractivity contribution in [1.82, 2.24) is 9.55 Å². The summed E-state index contributed by atoms with van der Waals surface area (Å²) in [6.45, 7) is 0.541. The van der Waals surface area contributed by atoms with Gasteiger partial charge in [0.25, 0.3) is 11.5 Å². The molecule has 0 atom stereocenters. The average Bonchev–Trinajstić information content (AvgIpc) is 2.79. The van der Waals surface area contributed by atoms with Crippen LogP contribution in [0.1, 0.15) is 26.3 Å². The Hall–Kier alpha value is -4.18. The van der Waals surface area contributed by atoms with Gasteiger partial charge in [-0.1, -0.05) is 36.4 Å². The summed E-state index contributed by atoms with van der Waals surface area (Å²) in [7, 11) is 1.47. The Labute approximate surface area is 183 Å². The minimum absolute atomic E-state index is 0.0128. The third kappa shape index (κ3) is 5.29. The lowest BCUT2D eigenvalue weighted by atomic mass is 10.1. The SMILES string of the molecule is COCCn1c(NC(=O)c2cccc(C(N)=O)c2)c(NCc2ccccc2)c(=O)[nH]c1=O. The first kappa shape index (κ1) is 22.5. The highest BCUT2D eigenvalue weighted by Crippen LogP contribution is 2.18. The van der Waals surface area contributed by atoms with Crippen molar-refractivity contribution in [1.29, 1.82) is 0 Å². The van der Waals surface area contributed by atoms with Crippen LogP contribution in [0.25, 0.3) is 0 Å². The molecule has 0 aliphatic heterocycles. The number of aromatic nitrogens is 2. The molecule has 3 aromatic rings. The molecule has 0 bridgehead atoms. The number of methoxy groups -OCH3 is 1. The zero-order chi connectivity index (χ0) is 23.1. The summed E-state index contributed by atoms with van der Waals surface area (Å²) in [5, 5.41) is 5.62. The number of aromatic amines is 1. The van der Waals surface area contributed by atoms with Gasteiger partial charge in [0.15, 0.2) is 0 Å². The zero-order valence-corrected chi connectivity index (χ0v) is 17.4. The van der Waals surface area contributed by atoms with E-state index in [1.807, 2.05) is 30.3 Å². The van der Waals surface area contributed by atoms with Crippen LogP contribution in [-0.4, -0.2) is 35.1 Å². The first-order chi connectivity index (χ1) is 15.4. The van der Waals surface area contributed by atoms with Gasteiger partial charge in [-0.05, 0) is 23.8 Å². The minimum atomic E-state index is -0.696. The van der Waals surface area contributed by atoms with Crippen LogP contribution >= 0.6 is 0 Å². The second-order valence-corrected chi connectivity index (χ2v) is 6.87. The predicted molar refractivity (Wildman–Crippen MR) is 120 cm³/mol. The Balaban J connectivity index is 2.01. The number of anilines is 2. The van der Waals surface area contributed by atoms with Gasteiger partial charge in [0.05, 0.1) is 13.2 Å². The first-order valence-electron chi connectivity index (χ1n) is 9.75. The number of amides is 2. The number of rotatable bonds is 9. The Kier molecular flexibility index (Phi) is 7.19. The molecule has 166 valence electrons. The average molecular weight is 437 g/mol. The number of carbonyl (C=O) groups excluding carboxylic acids is 2. The maximum atomic E-state index is 12.9. The van der Waals surface area contributed by atoms with Gasteiger partial charge in [-0.25, -0.2) is 4.79 Å². The van der Waals surface area contributed by atoms with Crippen LogP contribution in [-0.2, 0) is 17.8 Å². The minimum Gasteiger partial charge on any atom is -0.383 e. The van der Waals surface area contributed by atoms with E-state index in [-0.39, 0.29) is 42.3 Å². The number of hydrogen-bond donors (Lipinski definition) is 4. The van der Waals surface area contributed by atoms with Gasteiger partial charge in [-0.3, -0.25) is 23.9 Å². The standard InChI is InChI=1S/C22H23N5O5/c1-32-11-10-27-19(25-20(29)16-9-5-8-15(12-16)18(23)28)17(21(30)26-22(27)31)24-13-14-6-3-2-4-7-14/h2-9,12,24H,10-11,13H2,1H3,(H2,23,28)(H,25,29)(H,26,30,31). The summed E-state index contributed by atoms with van der Waals surface area (Å²) in [5.74, 6) is -1.31. The molecular formula is C22H23N5O5. The van der Waals surface area contributed by atoms with Gasteiger partial charge < -0.3 is 21.1 Å². The topological polar surface area (TPSA) is 148 Å². The molecule has 0 spiro atoms. The largest absolute Gasteiger partial charge is 0.383 e. The zero-order valence-electron chi connectivity index (χ0n) is 17.4. The molecule has 0 aliphatic rings. The van der Waals surface area contributed by atoms with E-state index < -0.39 is 23.1 Å². The van der Waals surface area contributed by atoms with E-state index in [1.54, 1.807) is 0 Å². The normalized spacial score (nSPS) is 10.5. The number of ether oxygens (including phenoxy) is 1. The lowest BCUT2D eigenvalue weighted by molar-refractivity contribution is 0.1000. The van der Waals surface area contributed by atoms with Crippen LogP contribution in [0.15, 0.2) is 64.2 Å². The molecule has 10 heteroatoms. The van der Waals surface area contributed by atoms with Gasteiger partial charge in [-0.15, -0.1) is 0 Å². The van der Waals surface area contributed by atoms with Crippen LogP contribution in [0.2, 0.25) is 0 Å². The monoisotopic (exact) mass is 437 g/mol. The van der Waals surface area contributed by atoms with Crippen LogP contribution < -0.4 is 27.6 Å². The molecule has 0 fully saturated rings. The molecule has 0 saturated carbocycles. The number of nitrogens with zero attached hydrogens (tertiary/aromatic N) is 1. The van der Waals surface area contributed by atoms with Gasteiger partial charge >= 0.3 is 5.69 Å². The maximum absolute atomic E-state index is 12.9. The summed E-state index contributed by atoms with van der Waals surface area (Å²) in [4.78, 5) is 51.7. The summed E-state index contributed by atoms with van der Waals surface area (Å²) >= 11 is 0. The summed E-state index contributed by atoms with van der Waals surface area (Å²) in [6.07, 6.45) is 0. The quantitative estimate of drug-likeness (QED) is 0.395. The van der Waals surface area contributed by atoms with Crippen molar-refractivity contribution in [3.05, 3.63) is 92.1 Å². The molecule has 0 unspecified atom stereocenters. The number of hydrogen-bond acceptors (Lipinski definition) is 6. The predicted octanol–water partition coefficient (Wildman–Crippen LogP) is 1.15. The van der Waals surface area contributed by atoms with Gasteiger partial charge in [-0.2, -0.15) is 0 Å². The molecule has 2 amide bonds. The Morgan fingerprint density at radius 2 is 1.78 bits per heavy atom. The number of nitrogens with one attached hydrogen (secondary N) is 3. The van der Waals surface area contributed by atoms with E-state index in [0.717, 1.165) is 5.56 Å². The maximum Gasteiger partial charge on any atom is 0.330 e. The Morgan fingerprint density at radius 1 is 1.06 bits per heavy atom. The van der Waals surface area contributed by atoms with Crippen LogP contribution in [0, 0.1) is 0 Å². The van der Waals surface area contributed by atoms with Crippen molar-refractivity contribution in [2.45, 2.75) is 13.1 Å². The molecule has 5 N–H and O–H groups in total. The van der Waals surface area contributed by atoms with Crippen molar-refractivity contribution in [3.8, 4) is 0 Å². The molecular weight excluding hydrogens is 414 g/mol. The molecule has 3 rings (SSSR count). The van der Waals surface area contributed by atoms with Crippen LogP contribution in [0.3, 0.4) is 0 Å². The van der Waals surface area contributed by atoms with Gasteiger partial charge in [0.1, 0.15) is 11.5 Å². The molecule has 1 aromatic heterocycles. The van der Waals surface area contributed by atoms with Crippen molar-refractivity contribution in [2.75, 3.05) is 24.4 Å². The summed E-state index contributed by atoms with van der Waals surface area (Å²) in [5.41, 5.74) is 5.12.